The molecule has 2 aromatic heterocycles. The minimum absolute atomic E-state index is 0.131. The van der Waals surface area contributed by atoms with Gasteiger partial charge in [0.05, 0.1) is 16.4 Å². The Bertz CT molecular complexity index is 1030. The van der Waals surface area contributed by atoms with Crippen molar-refractivity contribution in [3.63, 3.8) is 0 Å². The number of nitrogens with zero attached hydrogens (tertiary/aromatic N) is 3. The first-order valence-electron chi connectivity index (χ1n) is 8.85. The molecule has 8 nitrogen and oxygen atoms in total. The first kappa shape index (κ1) is 22.4. The van der Waals surface area contributed by atoms with Crippen LogP contribution in [0.2, 0.25) is 0 Å². The number of rotatable bonds is 4. The molecule has 164 valence electrons. The summed E-state index contributed by atoms with van der Waals surface area (Å²) in [5.74, 6) is -2.35. The van der Waals surface area contributed by atoms with E-state index in [2.05, 4.69) is 15.0 Å². The summed E-state index contributed by atoms with van der Waals surface area (Å²) >= 11 is 1.54. The van der Waals surface area contributed by atoms with Gasteiger partial charge in [0.15, 0.2) is 0 Å². The fourth-order valence-corrected chi connectivity index (χ4v) is 3.52. The third-order valence-corrected chi connectivity index (χ3v) is 5.20. The molecule has 0 unspecified atom stereocenters. The lowest BCUT2D eigenvalue weighted by atomic mass is 9.99. The minimum atomic E-state index is -4.31. The average molecular weight is 455 g/mol. The highest BCUT2D eigenvalue weighted by Gasteiger charge is 2.34. The number of carboxylic acid groups (broad SMARTS) is 2. The van der Waals surface area contributed by atoms with Gasteiger partial charge in [-0.2, -0.15) is 18.2 Å². The van der Waals surface area contributed by atoms with Gasteiger partial charge in [-0.25, -0.2) is 9.59 Å². The van der Waals surface area contributed by atoms with Gasteiger partial charge in [0, 0.05) is 19.6 Å². The van der Waals surface area contributed by atoms with Crippen LogP contribution in [0.25, 0.3) is 10.7 Å². The zero-order valence-electron chi connectivity index (χ0n) is 15.7. The summed E-state index contributed by atoms with van der Waals surface area (Å²) in [5, 5.41) is 20.7. The molecule has 0 bridgehead atoms. The first-order valence-corrected chi connectivity index (χ1v) is 9.73. The Labute approximate surface area is 177 Å². The van der Waals surface area contributed by atoms with Crippen LogP contribution >= 0.6 is 11.3 Å². The number of alkyl halides is 3. The van der Waals surface area contributed by atoms with Crippen LogP contribution in [0.3, 0.4) is 0 Å². The highest BCUT2D eigenvalue weighted by molar-refractivity contribution is 7.13. The van der Waals surface area contributed by atoms with Crippen LogP contribution in [0.5, 0.6) is 0 Å². The van der Waals surface area contributed by atoms with Gasteiger partial charge >= 0.3 is 18.1 Å². The van der Waals surface area contributed by atoms with Gasteiger partial charge in [-0.05, 0) is 23.1 Å². The van der Waals surface area contributed by atoms with E-state index >= 15 is 0 Å². The lowest BCUT2D eigenvalue weighted by Crippen LogP contribution is -2.44. The van der Waals surface area contributed by atoms with Crippen LogP contribution in [-0.2, 0) is 22.3 Å². The standard InChI is InChI=1S/C17H14F3N3OS.C2H2O4/c18-17(19,20)13-4-1-3-11(7-13)8-23-9-12(10-23)16-21-15(22-24-16)14-5-2-6-25-14;3-1(4)2(5)6/h1-7,12H,8-10H2;(H,3,4)(H,5,6). The van der Waals surface area contributed by atoms with Gasteiger partial charge < -0.3 is 14.7 Å². The maximum absolute atomic E-state index is 12.8. The Kier molecular flexibility index (Phi) is 6.71. The highest BCUT2D eigenvalue weighted by atomic mass is 32.1. The van der Waals surface area contributed by atoms with Crippen molar-refractivity contribution in [2.45, 2.75) is 18.6 Å². The molecule has 31 heavy (non-hydrogen) atoms. The summed E-state index contributed by atoms with van der Waals surface area (Å²) in [5.41, 5.74) is 0.0395. The fourth-order valence-electron chi connectivity index (χ4n) is 2.87. The Hall–Kier alpha value is -3.25. The number of carbonyl (C=O) groups is 2. The molecule has 4 rings (SSSR count). The van der Waals surface area contributed by atoms with Crippen molar-refractivity contribution in [2.24, 2.45) is 0 Å². The molecule has 1 aliphatic heterocycles. The molecule has 1 aliphatic rings. The number of halogens is 3. The van der Waals surface area contributed by atoms with Crippen molar-refractivity contribution in [3.05, 3.63) is 58.8 Å². The fraction of sp³-hybridized carbons (Fsp3) is 0.263. The van der Waals surface area contributed by atoms with Gasteiger partial charge in [-0.15, -0.1) is 11.3 Å². The Morgan fingerprint density at radius 1 is 1.16 bits per heavy atom. The highest BCUT2D eigenvalue weighted by Crippen LogP contribution is 2.32. The van der Waals surface area contributed by atoms with E-state index in [1.807, 2.05) is 17.5 Å². The zero-order valence-corrected chi connectivity index (χ0v) is 16.6. The van der Waals surface area contributed by atoms with E-state index in [9.17, 15) is 13.2 Å². The van der Waals surface area contributed by atoms with Crippen molar-refractivity contribution in [1.29, 1.82) is 0 Å². The van der Waals surface area contributed by atoms with Crippen LogP contribution in [-0.4, -0.2) is 50.3 Å². The molecule has 1 aromatic carbocycles. The molecule has 1 fully saturated rings. The maximum atomic E-state index is 12.8. The zero-order chi connectivity index (χ0) is 22.6. The molecule has 3 heterocycles. The van der Waals surface area contributed by atoms with Gasteiger partial charge in [-0.1, -0.05) is 29.4 Å². The van der Waals surface area contributed by atoms with E-state index in [1.165, 1.54) is 12.1 Å². The molecule has 0 saturated carbocycles. The van der Waals surface area contributed by atoms with E-state index in [4.69, 9.17) is 24.3 Å². The van der Waals surface area contributed by atoms with Crippen molar-refractivity contribution < 1.29 is 37.5 Å². The number of aromatic nitrogens is 2. The number of thiophene rings is 1. The summed E-state index contributed by atoms with van der Waals surface area (Å²) in [6, 6.07) is 9.31. The predicted octanol–water partition coefficient (Wildman–Crippen LogP) is 3.57. The summed E-state index contributed by atoms with van der Waals surface area (Å²) in [7, 11) is 0. The topological polar surface area (TPSA) is 117 Å². The second-order valence-corrected chi connectivity index (χ2v) is 7.58. The minimum Gasteiger partial charge on any atom is -0.473 e. The normalized spacial score (nSPS) is 14.4. The Morgan fingerprint density at radius 3 is 2.45 bits per heavy atom. The van der Waals surface area contributed by atoms with E-state index in [0.717, 1.165) is 10.9 Å². The van der Waals surface area contributed by atoms with Gasteiger partial charge in [0.2, 0.25) is 11.7 Å². The number of hydrogen-bond acceptors (Lipinski definition) is 7. The summed E-state index contributed by atoms with van der Waals surface area (Å²) in [4.78, 5) is 25.6. The van der Waals surface area contributed by atoms with E-state index in [1.54, 1.807) is 17.4 Å². The second-order valence-electron chi connectivity index (χ2n) is 6.63. The van der Waals surface area contributed by atoms with Gasteiger partial charge in [0.1, 0.15) is 0 Å². The van der Waals surface area contributed by atoms with Crippen LogP contribution in [0.15, 0.2) is 46.3 Å². The largest absolute Gasteiger partial charge is 0.473 e. The molecule has 0 amide bonds. The molecule has 2 N–H and O–H groups in total. The van der Waals surface area contributed by atoms with Crippen molar-refractivity contribution >= 4 is 23.3 Å². The smallest absolute Gasteiger partial charge is 0.416 e. The number of carboxylic acids is 2. The number of hydrogen-bond donors (Lipinski definition) is 2. The molecule has 0 radical (unpaired) electrons. The van der Waals surface area contributed by atoms with Crippen LogP contribution in [0.1, 0.15) is 22.9 Å². The summed E-state index contributed by atoms with van der Waals surface area (Å²) in [6.07, 6.45) is -4.31. The molecule has 3 aromatic rings. The van der Waals surface area contributed by atoms with Gasteiger partial charge in [-0.3, -0.25) is 4.90 Å². The predicted molar refractivity (Wildman–Crippen MR) is 102 cm³/mol. The lowest BCUT2D eigenvalue weighted by Gasteiger charge is -2.37. The van der Waals surface area contributed by atoms with Crippen LogP contribution < -0.4 is 0 Å². The summed E-state index contributed by atoms with van der Waals surface area (Å²) < 4.78 is 43.6. The molecule has 0 spiro atoms. The first-order chi connectivity index (χ1) is 14.6. The molecule has 0 atom stereocenters. The van der Waals surface area contributed by atoms with Crippen molar-refractivity contribution in [1.82, 2.24) is 15.0 Å². The quantitative estimate of drug-likeness (QED) is 0.574. The third-order valence-electron chi connectivity index (χ3n) is 4.33. The SMILES string of the molecule is FC(F)(F)c1cccc(CN2CC(c3nc(-c4cccs4)no3)C2)c1.O=C(O)C(=O)O. The van der Waals surface area contributed by atoms with Crippen LogP contribution in [0, 0.1) is 0 Å². The Morgan fingerprint density at radius 2 is 1.87 bits per heavy atom. The van der Waals surface area contributed by atoms with E-state index < -0.39 is 23.7 Å². The molecule has 0 aliphatic carbocycles. The number of likely N-dealkylation sites (tertiary alicyclic amines) is 1. The molecular weight excluding hydrogens is 439 g/mol. The number of aliphatic carboxylic acids is 2. The summed E-state index contributed by atoms with van der Waals surface area (Å²) in [6.45, 7) is 1.87. The van der Waals surface area contributed by atoms with Gasteiger partial charge in [0.25, 0.3) is 0 Å². The maximum Gasteiger partial charge on any atom is 0.416 e. The Balaban J connectivity index is 0.000000401. The lowest BCUT2D eigenvalue weighted by molar-refractivity contribution is -0.159. The molecule has 12 heteroatoms. The monoisotopic (exact) mass is 455 g/mol. The van der Waals surface area contributed by atoms with E-state index in [-0.39, 0.29) is 5.92 Å². The van der Waals surface area contributed by atoms with E-state index in [0.29, 0.717) is 36.9 Å². The van der Waals surface area contributed by atoms with Crippen molar-refractivity contribution in [3.8, 4) is 10.7 Å². The van der Waals surface area contributed by atoms with Crippen molar-refractivity contribution in [2.75, 3.05) is 13.1 Å². The molecular formula is C19H16F3N3O5S. The third kappa shape index (κ3) is 5.89. The number of benzene rings is 1. The second kappa shape index (κ2) is 9.27. The molecule has 1 saturated heterocycles. The average Bonchev–Trinajstić information content (AvgIpc) is 3.36. The van der Waals surface area contributed by atoms with Crippen LogP contribution in [0.4, 0.5) is 13.2 Å².